The van der Waals surface area contributed by atoms with E-state index in [0.717, 1.165) is 0 Å². The number of carbonyl (C=O) groups excluding carboxylic acids is 1. The zero-order chi connectivity index (χ0) is 6.57. The third-order valence-corrected chi connectivity index (χ3v) is 1.43. The van der Waals surface area contributed by atoms with Crippen molar-refractivity contribution in [1.29, 1.82) is 0 Å². The smallest absolute Gasteiger partial charge is 0.335 e. The van der Waals surface area contributed by atoms with Gasteiger partial charge in [-0.3, -0.25) is 0 Å². The molecule has 0 saturated carbocycles. The van der Waals surface area contributed by atoms with Gasteiger partial charge in [-0.15, -0.1) is 0 Å². The zero-order valence-corrected chi connectivity index (χ0v) is 6.84. The van der Waals surface area contributed by atoms with Crippen LogP contribution in [0.1, 0.15) is 6.92 Å². The first-order valence-corrected chi connectivity index (χ1v) is 2.95. The topological polar surface area (TPSA) is 35.5 Å². The lowest BCUT2D eigenvalue weighted by Crippen LogP contribution is -2.17. The molecule has 0 aliphatic heterocycles. The van der Waals surface area contributed by atoms with Crippen LogP contribution in [0.25, 0.3) is 0 Å². The highest BCUT2D eigenvalue weighted by Crippen LogP contribution is 1.97. The van der Waals surface area contributed by atoms with Gasteiger partial charge < -0.3 is 7.80 Å². The van der Waals surface area contributed by atoms with Crippen LogP contribution < -0.4 is 0 Å². The van der Waals surface area contributed by atoms with Gasteiger partial charge in [0.25, 0.3) is 0 Å². The molecule has 0 rings (SSSR count). The lowest BCUT2D eigenvalue weighted by atomic mass is 10.4. The van der Waals surface area contributed by atoms with Crippen molar-refractivity contribution in [2.75, 3.05) is 7.11 Å². The molecule has 1 atom stereocenters. The van der Waals surface area contributed by atoms with Crippen LogP contribution in [-0.2, 0) is 12.6 Å². The maximum atomic E-state index is 10.4. The van der Waals surface area contributed by atoms with Crippen LogP contribution in [0.5, 0.6) is 0 Å². The van der Waals surface area contributed by atoms with Crippen molar-refractivity contribution in [3.63, 3.8) is 0 Å². The Morgan fingerprint density at radius 1 is 1.75 bits per heavy atom. The van der Waals surface area contributed by atoms with Crippen LogP contribution in [-0.4, -0.2) is 19.2 Å². The summed E-state index contributed by atoms with van der Waals surface area (Å²) in [5.41, 5.74) is 0. The minimum atomic E-state index is -0.458. The lowest BCUT2D eigenvalue weighted by Gasteiger charge is -2.02. The van der Waals surface area contributed by atoms with Gasteiger partial charge in [0.15, 0.2) is 6.10 Å². The van der Waals surface area contributed by atoms with E-state index in [1.807, 2.05) is 0 Å². The van der Waals surface area contributed by atoms with E-state index < -0.39 is 6.10 Å². The van der Waals surface area contributed by atoms with E-state index in [2.05, 4.69) is 7.80 Å². The Hall–Kier alpha value is 0.160. The number of hydrogen-bond donors (Lipinski definition) is 0. The van der Waals surface area contributed by atoms with Crippen molar-refractivity contribution < 1.29 is 12.6 Å². The number of hydrogen-bond acceptors (Lipinski definition) is 3. The number of ether oxygens (including phenoxy) is 1. The summed E-state index contributed by atoms with van der Waals surface area (Å²) < 4.78 is 8.93. The molecule has 0 spiro atoms. The van der Waals surface area contributed by atoms with Gasteiger partial charge in [0.1, 0.15) is 23.0 Å². The van der Waals surface area contributed by atoms with Gasteiger partial charge in [0.2, 0.25) is 0 Å². The van der Waals surface area contributed by atoms with Gasteiger partial charge in [-0.2, -0.15) is 0 Å². The Morgan fingerprint density at radius 3 is 2.38 bits per heavy atom. The second-order valence-electron chi connectivity index (χ2n) is 1.25. The van der Waals surface area contributed by atoms with E-state index in [9.17, 15) is 4.79 Å². The monoisotopic (exact) mass is 230 g/mol. The maximum absolute atomic E-state index is 10.4. The molecule has 0 aliphatic carbocycles. The molecule has 1 unspecified atom stereocenters. The van der Waals surface area contributed by atoms with Gasteiger partial charge in [-0.25, -0.2) is 4.79 Å². The fourth-order valence-electron chi connectivity index (χ4n) is 0.202. The molecule has 0 saturated heterocycles. The first kappa shape index (κ1) is 8.16. The van der Waals surface area contributed by atoms with Crippen molar-refractivity contribution in [3.05, 3.63) is 0 Å². The largest absolute Gasteiger partial charge is 0.467 e. The zero-order valence-electron chi connectivity index (χ0n) is 4.68. The summed E-state index contributed by atoms with van der Waals surface area (Å²) in [5, 5.41) is 0. The Kier molecular flexibility index (Phi) is 4.16. The average Bonchev–Trinajstić information content (AvgIpc) is 1.84. The van der Waals surface area contributed by atoms with E-state index in [-0.39, 0.29) is 5.97 Å². The third kappa shape index (κ3) is 2.46. The number of rotatable bonds is 2. The summed E-state index contributed by atoms with van der Waals surface area (Å²) in [6, 6.07) is 0. The van der Waals surface area contributed by atoms with Gasteiger partial charge in [-0.1, -0.05) is 0 Å². The van der Waals surface area contributed by atoms with Crippen molar-refractivity contribution in [2.45, 2.75) is 13.0 Å². The van der Waals surface area contributed by atoms with Crippen LogP contribution in [0.15, 0.2) is 0 Å². The first-order valence-electron chi connectivity index (χ1n) is 2.07. The first-order chi connectivity index (χ1) is 3.72. The summed E-state index contributed by atoms with van der Waals surface area (Å²) in [6.07, 6.45) is -0.458. The fourth-order valence-corrected chi connectivity index (χ4v) is 0.410. The lowest BCUT2D eigenvalue weighted by molar-refractivity contribution is -0.146. The van der Waals surface area contributed by atoms with Crippen LogP contribution in [0.4, 0.5) is 0 Å². The molecule has 0 amide bonds. The molecule has 3 nitrogen and oxygen atoms in total. The minimum Gasteiger partial charge on any atom is -0.467 e. The van der Waals surface area contributed by atoms with E-state index >= 15 is 0 Å². The molecule has 0 fully saturated rings. The summed E-state index contributed by atoms with van der Waals surface area (Å²) in [5.74, 6) is -0.348. The van der Waals surface area contributed by atoms with E-state index in [0.29, 0.717) is 0 Å². The predicted molar refractivity (Wildman–Crippen MR) is 36.6 cm³/mol. The quantitative estimate of drug-likeness (QED) is 0.522. The number of halogens is 1. The normalized spacial score (nSPS) is 12.9. The number of carbonyl (C=O) groups is 1. The maximum Gasteiger partial charge on any atom is 0.335 e. The molecule has 8 heavy (non-hydrogen) atoms. The SMILES string of the molecule is COC(=O)C(C)OI. The molecular weight excluding hydrogens is 223 g/mol. The van der Waals surface area contributed by atoms with Crippen LogP contribution in [0.2, 0.25) is 0 Å². The van der Waals surface area contributed by atoms with Crippen molar-refractivity contribution >= 4 is 29.0 Å². The van der Waals surface area contributed by atoms with Crippen molar-refractivity contribution in [3.8, 4) is 0 Å². The molecule has 0 N–H and O–H groups in total. The van der Waals surface area contributed by atoms with Crippen molar-refractivity contribution in [1.82, 2.24) is 0 Å². The molecular formula is C4H7IO3. The van der Waals surface area contributed by atoms with Crippen LogP contribution >= 0.6 is 23.0 Å². The van der Waals surface area contributed by atoms with Gasteiger partial charge in [-0.05, 0) is 6.92 Å². The summed E-state index contributed by atoms with van der Waals surface area (Å²) in [4.78, 5) is 10.4. The molecule has 0 aromatic heterocycles. The van der Waals surface area contributed by atoms with E-state index in [1.54, 1.807) is 29.9 Å². The highest BCUT2D eigenvalue weighted by atomic mass is 127. The molecule has 0 bridgehead atoms. The number of esters is 1. The Bertz CT molecular complexity index is 83.4. The Labute approximate surface area is 62.0 Å². The van der Waals surface area contributed by atoms with Gasteiger partial charge in [0, 0.05) is 0 Å². The molecule has 0 aromatic carbocycles. The Balaban J connectivity index is 3.46. The fraction of sp³-hybridized carbons (Fsp3) is 0.750. The van der Waals surface area contributed by atoms with Gasteiger partial charge in [0.05, 0.1) is 7.11 Å². The minimum absolute atomic E-state index is 0.348. The molecule has 0 radical (unpaired) electrons. The molecule has 0 aliphatic rings. The molecule has 4 heteroatoms. The van der Waals surface area contributed by atoms with E-state index in [4.69, 9.17) is 0 Å². The second-order valence-corrected chi connectivity index (χ2v) is 1.76. The van der Waals surface area contributed by atoms with Crippen LogP contribution in [0, 0.1) is 0 Å². The molecule has 48 valence electrons. The second kappa shape index (κ2) is 4.08. The number of methoxy groups -OCH3 is 1. The average molecular weight is 230 g/mol. The third-order valence-electron chi connectivity index (χ3n) is 0.667. The summed E-state index contributed by atoms with van der Waals surface area (Å²) in [7, 11) is 1.33. The standard InChI is InChI=1S/C4H7IO3/c1-3(8-5)4(6)7-2/h3H,1-2H3. The molecule has 0 heterocycles. The highest BCUT2D eigenvalue weighted by Gasteiger charge is 2.10. The van der Waals surface area contributed by atoms with E-state index in [1.165, 1.54) is 7.11 Å². The molecule has 0 aromatic rings. The Morgan fingerprint density at radius 2 is 2.25 bits per heavy atom. The predicted octanol–water partition coefficient (Wildman–Crippen LogP) is 0.914. The van der Waals surface area contributed by atoms with Gasteiger partial charge >= 0.3 is 5.97 Å². The van der Waals surface area contributed by atoms with Crippen LogP contribution in [0.3, 0.4) is 0 Å². The summed E-state index contributed by atoms with van der Waals surface area (Å²) in [6.45, 7) is 1.62. The van der Waals surface area contributed by atoms with Crippen molar-refractivity contribution in [2.24, 2.45) is 0 Å². The summed E-state index contributed by atoms with van der Waals surface area (Å²) >= 11 is 1.65. The highest BCUT2D eigenvalue weighted by molar-refractivity contribution is 14.1.